The summed E-state index contributed by atoms with van der Waals surface area (Å²) in [6.45, 7) is 5.56. The van der Waals surface area contributed by atoms with E-state index in [9.17, 15) is 4.79 Å². The Hall–Kier alpha value is -1.13. The maximum atomic E-state index is 10.5. The Labute approximate surface area is 112 Å². The molecule has 1 saturated heterocycles. The van der Waals surface area contributed by atoms with Crippen molar-refractivity contribution in [3.05, 3.63) is 28.0 Å². The van der Waals surface area contributed by atoms with Crippen LogP contribution in [0.5, 0.6) is 0 Å². The molecule has 0 bridgehead atoms. The molecule has 3 nitrogen and oxygen atoms in total. The fraction of sp³-hybridized carbons (Fsp3) is 0.500. The maximum Gasteiger partial charge on any atom is 0.328 e. The molecular weight excluding hydrogens is 246 g/mol. The van der Waals surface area contributed by atoms with Crippen molar-refractivity contribution in [2.45, 2.75) is 26.3 Å². The van der Waals surface area contributed by atoms with Crippen molar-refractivity contribution in [3.8, 4) is 0 Å². The van der Waals surface area contributed by atoms with Crippen LogP contribution in [-0.4, -0.2) is 29.1 Å². The van der Waals surface area contributed by atoms with Crippen LogP contribution < -0.4 is 0 Å². The van der Waals surface area contributed by atoms with Crippen LogP contribution in [0.25, 0.3) is 6.08 Å². The number of rotatable bonds is 4. The van der Waals surface area contributed by atoms with Crippen LogP contribution in [0.4, 0.5) is 0 Å². The van der Waals surface area contributed by atoms with Crippen molar-refractivity contribution < 1.29 is 9.90 Å². The van der Waals surface area contributed by atoms with Gasteiger partial charge in [0.25, 0.3) is 0 Å². The highest BCUT2D eigenvalue weighted by molar-refractivity contribution is 7.10. The third kappa shape index (κ3) is 3.68. The van der Waals surface area contributed by atoms with E-state index in [0.29, 0.717) is 0 Å². The van der Waals surface area contributed by atoms with Crippen molar-refractivity contribution in [2.75, 3.05) is 13.1 Å². The summed E-state index contributed by atoms with van der Waals surface area (Å²) in [6.07, 6.45) is 5.45. The first-order chi connectivity index (χ1) is 8.65. The van der Waals surface area contributed by atoms with Crippen molar-refractivity contribution in [2.24, 2.45) is 5.92 Å². The van der Waals surface area contributed by atoms with Crippen LogP contribution in [-0.2, 0) is 11.3 Å². The number of carboxylic acid groups (broad SMARTS) is 1. The molecule has 4 heteroatoms. The average molecular weight is 265 g/mol. The van der Waals surface area contributed by atoms with Gasteiger partial charge in [-0.25, -0.2) is 4.79 Å². The highest BCUT2D eigenvalue weighted by Crippen LogP contribution is 2.23. The molecule has 0 spiro atoms. The standard InChI is InChI=1S/C14H19NO2S/c1-11-4-7-15(8-5-11)10-13-12(6-9-18-13)2-3-14(16)17/h2-3,6,9,11H,4-5,7-8,10H2,1H3,(H,16,17)/b3-2+. The third-order valence-electron chi connectivity index (χ3n) is 3.43. The summed E-state index contributed by atoms with van der Waals surface area (Å²) in [5.41, 5.74) is 1.04. The molecule has 0 amide bonds. The highest BCUT2D eigenvalue weighted by Gasteiger charge is 2.16. The Morgan fingerprint density at radius 2 is 2.28 bits per heavy atom. The molecule has 2 heterocycles. The molecule has 0 aliphatic carbocycles. The van der Waals surface area contributed by atoms with Crippen LogP contribution in [0, 0.1) is 5.92 Å². The molecule has 1 fully saturated rings. The van der Waals surface area contributed by atoms with Gasteiger partial charge in [0.2, 0.25) is 0 Å². The molecule has 0 saturated carbocycles. The lowest BCUT2D eigenvalue weighted by atomic mass is 9.99. The number of hydrogen-bond donors (Lipinski definition) is 1. The molecule has 0 radical (unpaired) electrons. The average Bonchev–Trinajstić information content (AvgIpc) is 2.77. The molecule has 98 valence electrons. The Balaban J connectivity index is 1.97. The van der Waals surface area contributed by atoms with Crippen LogP contribution in [0.15, 0.2) is 17.5 Å². The number of aliphatic carboxylic acids is 1. The smallest absolute Gasteiger partial charge is 0.328 e. The first kappa shape index (κ1) is 13.3. The fourth-order valence-corrected chi connectivity index (χ4v) is 3.12. The first-order valence-corrected chi connectivity index (χ1v) is 7.23. The molecule has 1 N–H and O–H groups in total. The lowest BCUT2D eigenvalue weighted by Gasteiger charge is -2.29. The van der Waals surface area contributed by atoms with E-state index in [4.69, 9.17) is 5.11 Å². The monoisotopic (exact) mass is 265 g/mol. The van der Waals surface area contributed by atoms with Crippen LogP contribution >= 0.6 is 11.3 Å². The van der Waals surface area contributed by atoms with Gasteiger partial charge in [0.15, 0.2) is 0 Å². The number of hydrogen-bond acceptors (Lipinski definition) is 3. The molecule has 1 aromatic rings. The molecule has 0 atom stereocenters. The zero-order valence-corrected chi connectivity index (χ0v) is 11.4. The lowest BCUT2D eigenvalue weighted by Crippen LogP contribution is -2.32. The van der Waals surface area contributed by atoms with Gasteiger partial charge in [-0.05, 0) is 54.9 Å². The zero-order chi connectivity index (χ0) is 13.0. The maximum absolute atomic E-state index is 10.5. The fourth-order valence-electron chi connectivity index (χ4n) is 2.21. The van der Waals surface area contributed by atoms with Gasteiger partial charge in [0, 0.05) is 17.5 Å². The quantitative estimate of drug-likeness (QED) is 0.851. The summed E-state index contributed by atoms with van der Waals surface area (Å²) in [5.74, 6) is -0.0464. The summed E-state index contributed by atoms with van der Waals surface area (Å²) in [6, 6.07) is 1.99. The predicted molar refractivity (Wildman–Crippen MR) is 74.7 cm³/mol. The second kappa shape index (κ2) is 6.16. The minimum absolute atomic E-state index is 0.843. The van der Waals surface area contributed by atoms with E-state index in [0.717, 1.165) is 31.1 Å². The second-order valence-electron chi connectivity index (χ2n) is 4.93. The normalized spacial score (nSPS) is 18.5. The van der Waals surface area contributed by atoms with Gasteiger partial charge in [0.05, 0.1) is 0 Å². The minimum Gasteiger partial charge on any atom is -0.478 e. The van der Waals surface area contributed by atoms with Gasteiger partial charge in [-0.3, -0.25) is 4.90 Å². The predicted octanol–water partition coefficient (Wildman–Crippen LogP) is 3.08. The number of carbonyl (C=O) groups is 1. The summed E-state index contributed by atoms with van der Waals surface area (Å²) >= 11 is 1.71. The molecule has 1 aliphatic heterocycles. The van der Waals surface area contributed by atoms with E-state index < -0.39 is 5.97 Å². The molecular formula is C14H19NO2S. The van der Waals surface area contributed by atoms with Gasteiger partial charge in [0.1, 0.15) is 0 Å². The molecule has 0 aromatic carbocycles. The van der Waals surface area contributed by atoms with Crippen LogP contribution in [0.1, 0.15) is 30.2 Å². The summed E-state index contributed by atoms with van der Waals surface area (Å²) in [5, 5.41) is 10.7. The van der Waals surface area contributed by atoms with Crippen molar-refractivity contribution >= 4 is 23.4 Å². The van der Waals surface area contributed by atoms with Gasteiger partial charge in [-0.1, -0.05) is 6.92 Å². The SMILES string of the molecule is CC1CCN(Cc2sccc2/C=C/C(=O)O)CC1. The van der Waals surface area contributed by atoms with Crippen molar-refractivity contribution in [3.63, 3.8) is 0 Å². The lowest BCUT2D eigenvalue weighted by molar-refractivity contribution is -0.131. The zero-order valence-electron chi connectivity index (χ0n) is 10.6. The molecule has 18 heavy (non-hydrogen) atoms. The van der Waals surface area contributed by atoms with Crippen LogP contribution in [0.3, 0.4) is 0 Å². The molecule has 1 aliphatic rings. The minimum atomic E-state index is -0.890. The van der Waals surface area contributed by atoms with E-state index in [1.54, 1.807) is 17.4 Å². The van der Waals surface area contributed by atoms with Gasteiger partial charge in [-0.2, -0.15) is 0 Å². The Bertz CT molecular complexity index is 431. The molecule has 1 aromatic heterocycles. The van der Waals surface area contributed by atoms with E-state index in [1.807, 2.05) is 11.4 Å². The Morgan fingerprint density at radius 1 is 1.56 bits per heavy atom. The third-order valence-corrected chi connectivity index (χ3v) is 4.35. The Morgan fingerprint density at radius 3 is 2.94 bits per heavy atom. The second-order valence-corrected chi connectivity index (χ2v) is 5.93. The van der Waals surface area contributed by atoms with E-state index in [-0.39, 0.29) is 0 Å². The van der Waals surface area contributed by atoms with Crippen molar-refractivity contribution in [1.29, 1.82) is 0 Å². The van der Waals surface area contributed by atoms with Gasteiger partial charge in [-0.15, -0.1) is 11.3 Å². The van der Waals surface area contributed by atoms with E-state index in [2.05, 4.69) is 11.8 Å². The summed E-state index contributed by atoms with van der Waals surface area (Å²) < 4.78 is 0. The van der Waals surface area contributed by atoms with Crippen molar-refractivity contribution in [1.82, 2.24) is 4.90 Å². The van der Waals surface area contributed by atoms with Crippen LogP contribution in [0.2, 0.25) is 0 Å². The summed E-state index contributed by atoms with van der Waals surface area (Å²) in [4.78, 5) is 14.3. The number of thiophene rings is 1. The number of piperidine rings is 1. The molecule has 0 unspecified atom stereocenters. The Kier molecular flexibility index (Phi) is 4.55. The number of carboxylic acids is 1. The van der Waals surface area contributed by atoms with E-state index in [1.165, 1.54) is 23.8 Å². The molecule has 2 rings (SSSR count). The largest absolute Gasteiger partial charge is 0.478 e. The summed E-state index contributed by atoms with van der Waals surface area (Å²) in [7, 11) is 0. The van der Waals surface area contributed by atoms with E-state index >= 15 is 0 Å². The number of nitrogens with zero attached hydrogens (tertiary/aromatic N) is 1. The highest BCUT2D eigenvalue weighted by atomic mass is 32.1. The first-order valence-electron chi connectivity index (χ1n) is 6.35. The number of likely N-dealkylation sites (tertiary alicyclic amines) is 1. The van der Waals surface area contributed by atoms with Gasteiger partial charge < -0.3 is 5.11 Å². The topological polar surface area (TPSA) is 40.5 Å². The van der Waals surface area contributed by atoms with Gasteiger partial charge >= 0.3 is 5.97 Å².